The fraction of sp³-hybridized carbons (Fsp3) is 0.417. The first kappa shape index (κ1) is 12.4. The van der Waals surface area contributed by atoms with Gasteiger partial charge in [0.2, 0.25) is 0 Å². The van der Waals surface area contributed by atoms with Gasteiger partial charge in [0, 0.05) is 16.5 Å². The number of hydrogen-bond acceptors (Lipinski definition) is 3. The molecule has 1 saturated heterocycles. The number of piperidine rings is 1. The molecule has 1 fully saturated rings. The van der Waals surface area contributed by atoms with Gasteiger partial charge in [0.25, 0.3) is 5.91 Å². The first-order chi connectivity index (χ1) is 8.16. The van der Waals surface area contributed by atoms with E-state index in [0.717, 1.165) is 25.9 Å². The molecule has 92 valence electrons. The fourth-order valence-corrected chi connectivity index (χ4v) is 2.10. The average molecular weight is 254 g/mol. The largest absolute Gasteiger partial charge is 0.349 e. The van der Waals surface area contributed by atoms with E-state index in [2.05, 4.69) is 23.3 Å². The molecule has 0 atom stereocenters. The summed E-state index contributed by atoms with van der Waals surface area (Å²) in [5.41, 5.74) is 0.454. The molecule has 0 spiro atoms. The van der Waals surface area contributed by atoms with Gasteiger partial charge in [0.15, 0.2) is 0 Å². The van der Waals surface area contributed by atoms with Crippen LogP contribution in [0.2, 0.25) is 0 Å². The molecule has 2 rings (SSSR count). The van der Waals surface area contributed by atoms with Crippen LogP contribution in [0.1, 0.15) is 23.2 Å². The van der Waals surface area contributed by atoms with Gasteiger partial charge in [-0.1, -0.05) is 0 Å². The molecular weight excluding hydrogens is 239 g/mol. The van der Waals surface area contributed by atoms with Crippen LogP contribution in [0.3, 0.4) is 0 Å². The first-order valence-corrected chi connectivity index (χ1v) is 6.11. The number of rotatable bonds is 2. The van der Waals surface area contributed by atoms with Crippen LogP contribution in [0.15, 0.2) is 23.1 Å². The lowest BCUT2D eigenvalue weighted by molar-refractivity contribution is 0.0929. The van der Waals surface area contributed by atoms with Gasteiger partial charge in [-0.2, -0.15) is 0 Å². The Morgan fingerprint density at radius 1 is 1.41 bits per heavy atom. The van der Waals surface area contributed by atoms with Crippen LogP contribution in [0, 0.1) is 5.82 Å². The highest BCUT2D eigenvalue weighted by Crippen LogP contribution is 2.14. The third-order valence-corrected chi connectivity index (χ3v) is 3.23. The number of halogens is 1. The predicted octanol–water partition coefficient (Wildman–Crippen LogP) is 1.60. The monoisotopic (exact) mass is 254 g/mol. The van der Waals surface area contributed by atoms with Crippen molar-refractivity contribution in [1.82, 2.24) is 10.6 Å². The zero-order valence-electron chi connectivity index (χ0n) is 9.37. The molecule has 0 saturated carbocycles. The lowest BCUT2D eigenvalue weighted by atomic mass is 10.1. The first-order valence-electron chi connectivity index (χ1n) is 5.67. The molecule has 0 bridgehead atoms. The number of carbonyl (C=O) groups excluding carboxylic acids is 1. The Labute approximate surface area is 105 Å². The molecule has 0 unspecified atom stereocenters. The van der Waals surface area contributed by atoms with Gasteiger partial charge in [0.05, 0.1) is 0 Å². The molecule has 5 heteroatoms. The number of amides is 1. The van der Waals surface area contributed by atoms with E-state index in [-0.39, 0.29) is 16.8 Å². The maximum atomic E-state index is 13.0. The van der Waals surface area contributed by atoms with Crippen molar-refractivity contribution in [3.05, 3.63) is 29.6 Å². The van der Waals surface area contributed by atoms with E-state index < -0.39 is 5.82 Å². The van der Waals surface area contributed by atoms with Crippen molar-refractivity contribution < 1.29 is 9.18 Å². The molecule has 0 aliphatic carbocycles. The van der Waals surface area contributed by atoms with Crippen molar-refractivity contribution in [2.45, 2.75) is 23.8 Å². The maximum Gasteiger partial charge on any atom is 0.251 e. The predicted molar refractivity (Wildman–Crippen MR) is 67.0 cm³/mol. The van der Waals surface area contributed by atoms with Gasteiger partial charge in [-0.25, -0.2) is 4.39 Å². The summed E-state index contributed by atoms with van der Waals surface area (Å²) in [6, 6.07) is 4.40. The molecule has 17 heavy (non-hydrogen) atoms. The van der Waals surface area contributed by atoms with Crippen LogP contribution in [0.25, 0.3) is 0 Å². The molecular formula is C12H15FN2OS. The van der Waals surface area contributed by atoms with Gasteiger partial charge < -0.3 is 10.6 Å². The summed E-state index contributed by atoms with van der Waals surface area (Å²) in [6.45, 7) is 1.85. The van der Waals surface area contributed by atoms with E-state index in [9.17, 15) is 9.18 Å². The fourth-order valence-electron chi connectivity index (χ4n) is 1.89. The highest BCUT2D eigenvalue weighted by molar-refractivity contribution is 7.80. The molecule has 2 N–H and O–H groups in total. The van der Waals surface area contributed by atoms with Crippen LogP contribution in [0.4, 0.5) is 4.39 Å². The van der Waals surface area contributed by atoms with Crippen molar-refractivity contribution >= 4 is 18.5 Å². The summed E-state index contributed by atoms with van der Waals surface area (Å²) >= 11 is 3.96. The molecule has 0 aromatic heterocycles. The Bertz CT molecular complexity index is 419. The smallest absolute Gasteiger partial charge is 0.251 e. The Balaban J connectivity index is 2.01. The number of hydrogen-bond donors (Lipinski definition) is 3. The molecule has 1 aliphatic heterocycles. The van der Waals surface area contributed by atoms with Crippen molar-refractivity contribution in [2.24, 2.45) is 0 Å². The summed E-state index contributed by atoms with van der Waals surface area (Å²) in [5.74, 6) is -0.570. The number of thiol groups is 1. The molecule has 1 aromatic carbocycles. The zero-order chi connectivity index (χ0) is 12.3. The highest BCUT2D eigenvalue weighted by Gasteiger charge is 2.16. The topological polar surface area (TPSA) is 41.1 Å². The van der Waals surface area contributed by atoms with Gasteiger partial charge in [-0.3, -0.25) is 4.79 Å². The Hall–Kier alpha value is -1.07. The maximum absolute atomic E-state index is 13.0. The van der Waals surface area contributed by atoms with Crippen molar-refractivity contribution in [1.29, 1.82) is 0 Å². The SMILES string of the molecule is O=C(NC1CCNCC1)c1ccc(F)c(S)c1. The molecule has 1 aromatic rings. The van der Waals surface area contributed by atoms with Gasteiger partial charge >= 0.3 is 0 Å². The van der Waals surface area contributed by atoms with Crippen LogP contribution in [-0.4, -0.2) is 25.0 Å². The Morgan fingerprint density at radius 2 is 2.12 bits per heavy atom. The van der Waals surface area contributed by atoms with Gasteiger partial charge in [-0.05, 0) is 44.1 Å². The van der Waals surface area contributed by atoms with E-state index in [0.29, 0.717) is 5.56 Å². The van der Waals surface area contributed by atoms with E-state index >= 15 is 0 Å². The zero-order valence-corrected chi connectivity index (χ0v) is 10.3. The lowest BCUT2D eigenvalue weighted by Crippen LogP contribution is -2.42. The molecule has 1 amide bonds. The van der Waals surface area contributed by atoms with Crippen LogP contribution >= 0.6 is 12.6 Å². The quantitative estimate of drug-likeness (QED) is 0.702. The van der Waals surface area contributed by atoms with Crippen molar-refractivity contribution in [3.63, 3.8) is 0 Å². The lowest BCUT2D eigenvalue weighted by Gasteiger charge is -2.23. The van der Waals surface area contributed by atoms with Crippen LogP contribution in [0.5, 0.6) is 0 Å². The van der Waals surface area contributed by atoms with E-state index in [1.807, 2.05) is 0 Å². The summed E-state index contributed by atoms with van der Waals surface area (Å²) in [4.78, 5) is 12.1. The second kappa shape index (κ2) is 5.51. The molecule has 1 aliphatic rings. The van der Waals surface area contributed by atoms with Crippen LogP contribution in [-0.2, 0) is 0 Å². The van der Waals surface area contributed by atoms with Gasteiger partial charge in [0.1, 0.15) is 5.82 Å². The Kier molecular flexibility index (Phi) is 4.02. The normalized spacial score (nSPS) is 16.8. The van der Waals surface area contributed by atoms with Gasteiger partial charge in [-0.15, -0.1) is 12.6 Å². The summed E-state index contributed by atoms with van der Waals surface area (Å²) in [6.07, 6.45) is 1.86. The highest BCUT2D eigenvalue weighted by atomic mass is 32.1. The number of benzene rings is 1. The third-order valence-electron chi connectivity index (χ3n) is 2.88. The van der Waals surface area contributed by atoms with E-state index in [1.54, 1.807) is 0 Å². The average Bonchev–Trinajstić information content (AvgIpc) is 2.34. The standard InChI is InChI=1S/C12H15FN2OS/c13-10-2-1-8(7-11(10)17)12(16)15-9-3-5-14-6-4-9/h1-2,7,9,14,17H,3-6H2,(H,15,16). The summed E-state index contributed by atoms with van der Waals surface area (Å²) in [7, 11) is 0. The molecule has 1 heterocycles. The number of nitrogens with one attached hydrogen (secondary N) is 2. The summed E-state index contributed by atoms with van der Waals surface area (Å²) < 4.78 is 13.0. The van der Waals surface area contributed by atoms with Crippen molar-refractivity contribution in [3.8, 4) is 0 Å². The molecule has 0 radical (unpaired) electrons. The van der Waals surface area contributed by atoms with Crippen molar-refractivity contribution in [2.75, 3.05) is 13.1 Å². The Morgan fingerprint density at radius 3 is 2.76 bits per heavy atom. The minimum absolute atomic E-state index is 0.160. The third kappa shape index (κ3) is 3.20. The minimum atomic E-state index is -0.410. The molecule has 3 nitrogen and oxygen atoms in total. The second-order valence-corrected chi connectivity index (χ2v) is 4.65. The summed E-state index contributed by atoms with van der Waals surface area (Å²) in [5, 5.41) is 6.18. The minimum Gasteiger partial charge on any atom is -0.349 e. The van der Waals surface area contributed by atoms with Crippen LogP contribution < -0.4 is 10.6 Å². The van der Waals surface area contributed by atoms with E-state index in [1.165, 1.54) is 18.2 Å². The number of carbonyl (C=O) groups is 1. The van der Waals surface area contributed by atoms with E-state index in [4.69, 9.17) is 0 Å². The second-order valence-electron chi connectivity index (χ2n) is 4.16.